The van der Waals surface area contributed by atoms with Gasteiger partial charge >= 0.3 is 0 Å². The second-order valence-electron chi connectivity index (χ2n) is 7.47. The number of likely N-dealkylation sites (tertiary alicyclic amines) is 1. The van der Waals surface area contributed by atoms with Gasteiger partial charge in [-0.1, -0.05) is 25.1 Å². The molecule has 6 heteroatoms. The monoisotopic (exact) mass is 377 g/mol. The van der Waals surface area contributed by atoms with Crippen molar-refractivity contribution in [2.75, 3.05) is 18.8 Å². The van der Waals surface area contributed by atoms with Crippen molar-refractivity contribution in [3.63, 3.8) is 0 Å². The van der Waals surface area contributed by atoms with Crippen molar-refractivity contribution in [3.8, 4) is 0 Å². The van der Waals surface area contributed by atoms with Gasteiger partial charge in [0.1, 0.15) is 5.82 Å². The van der Waals surface area contributed by atoms with E-state index in [1.54, 1.807) is 6.20 Å². The van der Waals surface area contributed by atoms with E-state index in [-0.39, 0.29) is 11.8 Å². The smallest absolute Gasteiger partial charge is 0.224 e. The topological polar surface area (TPSA) is 77.0 Å². The van der Waals surface area contributed by atoms with Gasteiger partial charge in [0.05, 0.1) is 16.9 Å². The third kappa shape index (κ3) is 3.72. The lowest BCUT2D eigenvalue weighted by molar-refractivity contribution is -0.132. The number of carbonyl (C=O) groups excluding carboxylic acids is 1. The van der Waals surface area contributed by atoms with Gasteiger partial charge < -0.3 is 15.2 Å². The molecular formula is C22H27N5O. The highest BCUT2D eigenvalue weighted by molar-refractivity contribution is 5.82. The number of rotatable bonds is 5. The van der Waals surface area contributed by atoms with E-state index < -0.39 is 0 Å². The predicted octanol–water partition coefficient (Wildman–Crippen LogP) is 3.37. The number of para-hydroxylation sites is 1. The number of nitrogen functional groups attached to an aromatic ring is 1. The molecule has 1 saturated heterocycles. The molecule has 1 aliphatic heterocycles. The summed E-state index contributed by atoms with van der Waals surface area (Å²) in [5, 5.41) is 1.06. The maximum absolute atomic E-state index is 12.8. The molecular weight excluding hydrogens is 350 g/mol. The third-order valence-corrected chi connectivity index (χ3v) is 5.63. The Morgan fingerprint density at radius 2 is 2.18 bits per heavy atom. The SMILES string of the molecule is CCc1nccn1CCC(=O)N1CCC[C@@H](c2nc3ccccc3cc2N)C1. The first-order chi connectivity index (χ1) is 13.7. The van der Waals surface area contributed by atoms with Crippen molar-refractivity contribution in [2.24, 2.45) is 0 Å². The van der Waals surface area contributed by atoms with Crippen LogP contribution in [0.25, 0.3) is 10.9 Å². The number of nitrogens with zero attached hydrogens (tertiary/aromatic N) is 4. The van der Waals surface area contributed by atoms with E-state index in [2.05, 4.69) is 16.5 Å². The number of aromatic nitrogens is 3. The summed E-state index contributed by atoms with van der Waals surface area (Å²) < 4.78 is 2.07. The molecule has 28 heavy (non-hydrogen) atoms. The molecule has 1 aromatic carbocycles. The number of benzene rings is 1. The number of aryl methyl sites for hydroxylation is 2. The van der Waals surface area contributed by atoms with Crippen LogP contribution in [0.4, 0.5) is 5.69 Å². The fourth-order valence-electron chi connectivity index (χ4n) is 4.13. The Kier molecular flexibility index (Phi) is 5.28. The maximum atomic E-state index is 12.8. The van der Waals surface area contributed by atoms with Crippen LogP contribution in [0.15, 0.2) is 42.7 Å². The van der Waals surface area contributed by atoms with Gasteiger partial charge in [0.25, 0.3) is 0 Å². The summed E-state index contributed by atoms with van der Waals surface area (Å²) in [5.41, 5.74) is 8.93. The van der Waals surface area contributed by atoms with Gasteiger partial charge in [0.2, 0.25) is 5.91 Å². The third-order valence-electron chi connectivity index (χ3n) is 5.63. The fourth-order valence-corrected chi connectivity index (χ4v) is 4.13. The van der Waals surface area contributed by atoms with Gasteiger partial charge in [0.15, 0.2) is 0 Å². The lowest BCUT2D eigenvalue weighted by Crippen LogP contribution is -2.39. The van der Waals surface area contributed by atoms with Crippen molar-refractivity contribution in [3.05, 3.63) is 54.2 Å². The highest BCUT2D eigenvalue weighted by atomic mass is 16.2. The molecule has 2 aromatic heterocycles. The molecule has 3 aromatic rings. The minimum absolute atomic E-state index is 0.194. The minimum atomic E-state index is 0.194. The Morgan fingerprint density at radius 3 is 3.04 bits per heavy atom. The molecule has 1 fully saturated rings. The summed E-state index contributed by atoms with van der Waals surface area (Å²) >= 11 is 0. The molecule has 1 atom stereocenters. The van der Waals surface area contributed by atoms with E-state index in [9.17, 15) is 4.79 Å². The van der Waals surface area contributed by atoms with Gasteiger partial charge in [-0.25, -0.2) is 4.98 Å². The van der Waals surface area contributed by atoms with Crippen LogP contribution in [-0.2, 0) is 17.8 Å². The van der Waals surface area contributed by atoms with Crippen LogP contribution in [0, 0.1) is 0 Å². The molecule has 0 aliphatic carbocycles. The van der Waals surface area contributed by atoms with E-state index in [1.165, 1.54) is 0 Å². The molecule has 146 valence electrons. The Hall–Kier alpha value is -2.89. The molecule has 4 rings (SSSR count). The first kappa shape index (κ1) is 18.5. The number of nitrogens with two attached hydrogens (primary N) is 1. The van der Waals surface area contributed by atoms with E-state index in [0.29, 0.717) is 19.5 Å². The fraction of sp³-hybridized carbons (Fsp3) is 0.409. The number of hydrogen-bond acceptors (Lipinski definition) is 4. The number of imidazole rings is 1. The highest BCUT2D eigenvalue weighted by Crippen LogP contribution is 2.31. The van der Waals surface area contributed by atoms with E-state index in [0.717, 1.165) is 53.9 Å². The number of piperidine rings is 1. The molecule has 6 nitrogen and oxygen atoms in total. The number of anilines is 1. The average molecular weight is 377 g/mol. The summed E-state index contributed by atoms with van der Waals surface area (Å²) in [4.78, 5) is 23.9. The molecule has 1 amide bonds. The average Bonchev–Trinajstić information content (AvgIpc) is 3.19. The Labute approximate surface area is 165 Å². The summed E-state index contributed by atoms with van der Waals surface area (Å²) in [7, 11) is 0. The zero-order valence-electron chi connectivity index (χ0n) is 16.3. The van der Waals surface area contributed by atoms with Crippen LogP contribution in [0.5, 0.6) is 0 Å². The predicted molar refractivity (Wildman–Crippen MR) is 111 cm³/mol. The van der Waals surface area contributed by atoms with Crippen LogP contribution < -0.4 is 5.73 Å². The Morgan fingerprint density at radius 1 is 1.32 bits per heavy atom. The van der Waals surface area contributed by atoms with Gasteiger partial charge in [-0.05, 0) is 25.0 Å². The van der Waals surface area contributed by atoms with Crippen molar-refractivity contribution in [1.82, 2.24) is 19.4 Å². The van der Waals surface area contributed by atoms with Crippen LogP contribution in [0.1, 0.15) is 43.6 Å². The molecule has 3 heterocycles. The number of fused-ring (bicyclic) bond motifs is 1. The molecule has 0 unspecified atom stereocenters. The molecule has 0 saturated carbocycles. The number of pyridine rings is 1. The molecule has 0 spiro atoms. The van der Waals surface area contributed by atoms with E-state index in [4.69, 9.17) is 10.7 Å². The van der Waals surface area contributed by atoms with Gasteiger partial charge in [0, 0.05) is 56.2 Å². The van der Waals surface area contributed by atoms with Crippen LogP contribution in [0.3, 0.4) is 0 Å². The Balaban J connectivity index is 1.45. The summed E-state index contributed by atoms with van der Waals surface area (Å²) in [6, 6.07) is 10.0. The molecule has 0 radical (unpaired) electrons. The largest absolute Gasteiger partial charge is 0.397 e. The van der Waals surface area contributed by atoms with Crippen molar-refractivity contribution >= 4 is 22.5 Å². The van der Waals surface area contributed by atoms with Crippen LogP contribution >= 0.6 is 0 Å². The van der Waals surface area contributed by atoms with Crippen molar-refractivity contribution in [2.45, 2.75) is 45.1 Å². The quantitative estimate of drug-likeness (QED) is 0.739. The lowest BCUT2D eigenvalue weighted by Gasteiger charge is -2.33. The summed E-state index contributed by atoms with van der Waals surface area (Å²) in [6.07, 6.45) is 7.12. The number of hydrogen-bond donors (Lipinski definition) is 1. The highest BCUT2D eigenvalue weighted by Gasteiger charge is 2.27. The van der Waals surface area contributed by atoms with Gasteiger partial charge in [-0.2, -0.15) is 0 Å². The second kappa shape index (κ2) is 8.00. The zero-order valence-corrected chi connectivity index (χ0v) is 16.3. The van der Waals surface area contributed by atoms with Gasteiger partial charge in [-0.15, -0.1) is 0 Å². The first-order valence-corrected chi connectivity index (χ1v) is 10.1. The standard InChI is InChI=1S/C22H27N5O/c1-2-20-24-10-13-26(20)12-9-21(28)27-11-5-7-17(15-27)22-18(23)14-16-6-3-4-8-19(16)25-22/h3-4,6,8,10,13-14,17H,2,5,7,9,11-12,15,23H2,1H3/t17-/m1/s1. The van der Waals surface area contributed by atoms with E-state index >= 15 is 0 Å². The number of amides is 1. The van der Waals surface area contributed by atoms with Crippen molar-refractivity contribution < 1.29 is 4.79 Å². The van der Waals surface area contributed by atoms with Crippen LogP contribution in [0.2, 0.25) is 0 Å². The molecule has 2 N–H and O–H groups in total. The normalized spacial score (nSPS) is 17.2. The lowest BCUT2D eigenvalue weighted by atomic mass is 9.92. The first-order valence-electron chi connectivity index (χ1n) is 10.1. The molecule has 0 bridgehead atoms. The van der Waals surface area contributed by atoms with Crippen molar-refractivity contribution in [1.29, 1.82) is 0 Å². The number of carbonyl (C=O) groups is 1. The molecule has 1 aliphatic rings. The maximum Gasteiger partial charge on any atom is 0.224 e. The zero-order chi connectivity index (χ0) is 19.5. The van der Waals surface area contributed by atoms with E-state index in [1.807, 2.05) is 41.4 Å². The van der Waals surface area contributed by atoms with Gasteiger partial charge in [-0.3, -0.25) is 9.78 Å². The van der Waals surface area contributed by atoms with Crippen LogP contribution in [-0.4, -0.2) is 38.4 Å². The summed E-state index contributed by atoms with van der Waals surface area (Å²) in [5.74, 6) is 1.42. The summed E-state index contributed by atoms with van der Waals surface area (Å²) in [6.45, 7) is 4.27. The second-order valence-corrected chi connectivity index (χ2v) is 7.47. The minimum Gasteiger partial charge on any atom is -0.397 e. The Bertz CT molecular complexity index is 980.